The molecular formula is C11H10N4O. The molecule has 0 aliphatic carbocycles. The van der Waals surface area contributed by atoms with Crippen molar-refractivity contribution in [3.63, 3.8) is 0 Å². The van der Waals surface area contributed by atoms with E-state index in [0.29, 0.717) is 11.7 Å². The first-order valence-electron chi connectivity index (χ1n) is 4.90. The summed E-state index contributed by atoms with van der Waals surface area (Å²) in [5.41, 5.74) is 1.94. The van der Waals surface area contributed by atoms with Gasteiger partial charge in [-0.05, 0) is 6.08 Å². The number of methoxy groups -OCH3 is 1. The van der Waals surface area contributed by atoms with Crippen LogP contribution < -0.4 is 0 Å². The number of aliphatic imine (C=N–C) groups is 1. The van der Waals surface area contributed by atoms with Crippen LogP contribution >= 0.6 is 0 Å². The predicted octanol–water partition coefficient (Wildman–Crippen LogP) is 1.67. The summed E-state index contributed by atoms with van der Waals surface area (Å²) in [7, 11) is 3.55. The number of hydrogen-bond acceptors (Lipinski definition) is 4. The second-order valence-corrected chi connectivity index (χ2v) is 3.58. The minimum absolute atomic E-state index is 0.554. The molecule has 0 amide bonds. The quantitative estimate of drug-likeness (QED) is 0.670. The maximum absolute atomic E-state index is 5.13. The summed E-state index contributed by atoms with van der Waals surface area (Å²) in [4.78, 5) is 12.8. The number of aromatic nitrogens is 3. The third-order valence-corrected chi connectivity index (χ3v) is 2.59. The summed E-state index contributed by atoms with van der Waals surface area (Å²) >= 11 is 0. The molecule has 0 spiro atoms. The molecular weight excluding hydrogens is 204 g/mol. The number of nitrogens with zero attached hydrogens (tertiary/aromatic N) is 4. The Labute approximate surface area is 92.1 Å². The highest BCUT2D eigenvalue weighted by atomic mass is 16.5. The third kappa shape index (κ3) is 1.14. The lowest BCUT2D eigenvalue weighted by Gasteiger charge is -1.99. The van der Waals surface area contributed by atoms with Gasteiger partial charge < -0.3 is 9.30 Å². The highest BCUT2D eigenvalue weighted by Gasteiger charge is 2.14. The van der Waals surface area contributed by atoms with Gasteiger partial charge in [-0.3, -0.25) is 0 Å². The average molecular weight is 214 g/mol. The van der Waals surface area contributed by atoms with Crippen molar-refractivity contribution in [2.45, 2.75) is 0 Å². The summed E-state index contributed by atoms with van der Waals surface area (Å²) < 4.78 is 7.09. The fourth-order valence-corrected chi connectivity index (χ4v) is 1.85. The second kappa shape index (κ2) is 3.16. The molecule has 1 aliphatic rings. The molecule has 2 aromatic heterocycles. The first-order chi connectivity index (χ1) is 7.79. The molecule has 80 valence electrons. The van der Waals surface area contributed by atoms with Gasteiger partial charge in [-0.15, -0.1) is 0 Å². The van der Waals surface area contributed by atoms with E-state index in [1.165, 1.54) is 6.33 Å². The van der Waals surface area contributed by atoms with Crippen molar-refractivity contribution in [1.29, 1.82) is 0 Å². The van der Waals surface area contributed by atoms with E-state index in [9.17, 15) is 0 Å². The van der Waals surface area contributed by atoms with Gasteiger partial charge in [-0.25, -0.2) is 9.97 Å². The minimum Gasteiger partial charge on any atom is -0.481 e. The van der Waals surface area contributed by atoms with Crippen LogP contribution in [-0.2, 0) is 11.8 Å². The van der Waals surface area contributed by atoms with E-state index in [2.05, 4.69) is 15.0 Å². The van der Waals surface area contributed by atoms with E-state index in [1.807, 2.05) is 30.0 Å². The third-order valence-electron chi connectivity index (χ3n) is 2.59. The molecule has 16 heavy (non-hydrogen) atoms. The maximum atomic E-state index is 5.13. The van der Waals surface area contributed by atoms with Crippen molar-refractivity contribution in [1.82, 2.24) is 14.5 Å². The van der Waals surface area contributed by atoms with Crippen molar-refractivity contribution >= 4 is 28.8 Å². The van der Waals surface area contributed by atoms with Gasteiger partial charge in [0.25, 0.3) is 0 Å². The molecule has 1 aliphatic heterocycles. The number of hydrogen-bond donors (Lipinski definition) is 0. The van der Waals surface area contributed by atoms with Crippen LogP contribution in [-0.4, -0.2) is 27.5 Å². The monoisotopic (exact) mass is 214 g/mol. The zero-order valence-corrected chi connectivity index (χ0v) is 9.01. The topological polar surface area (TPSA) is 52.3 Å². The van der Waals surface area contributed by atoms with Crippen LogP contribution in [0.2, 0.25) is 0 Å². The van der Waals surface area contributed by atoms with Crippen LogP contribution in [0.25, 0.3) is 17.1 Å². The molecule has 0 fully saturated rings. The Morgan fingerprint density at radius 2 is 2.12 bits per heavy atom. The van der Waals surface area contributed by atoms with Crippen molar-refractivity contribution in [2.75, 3.05) is 7.11 Å². The molecule has 0 atom stereocenters. The van der Waals surface area contributed by atoms with E-state index in [0.717, 1.165) is 16.6 Å². The molecule has 0 saturated heterocycles. The molecule has 5 heteroatoms. The van der Waals surface area contributed by atoms with E-state index in [1.54, 1.807) is 7.11 Å². The number of rotatable bonds is 0. The van der Waals surface area contributed by atoms with Gasteiger partial charge in [0.2, 0.25) is 5.90 Å². The van der Waals surface area contributed by atoms with Crippen LogP contribution in [0.5, 0.6) is 0 Å². The molecule has 0 bridgehead atoms. The molecule has 2 aromatic rings. The molecule has 0 radical (unpaired) electrons. The summed E-state index contributed by atoms with van der Waals surface area (Å²) in [6.45, 7) is 0. The minimum atomic E-state index is 0.554. The summed E-state index contributed by atoms with van der Waals surface area (Å²) in [5, 5.41) is 0.966. The summed E-state index contributed by atoms with van der Waals surface area (Å²) in [5.74, 6) is 1.21. The Kier molecular flexibility index (Phi) is 1.80. The molecule has 0 N–H and O–H groups in total. The Morgan fingerprint density at radius 3 is 2.94 bits per heavy atom. The number of ether oxygens (including phenoxy) is 1. The first-order valence-corrected chi connectivity index (χ1v) is 4.90. The zero-order chi connectivity index (χ0) is 11.1. The SMILES string of the molecule is COC1=Nc2ncnc3c2c(cn3C)C=C1. The normalized spacial score (nSPS) is 13.8. The van der Waals surface area contributed by atoms with Crippen molar-refractivity contribution in [3.8, 4) is 0 Å². The average Bonchev–Trinajstić information content (AvgIpc) is 2.52. The summed E-state index contributed by atoms with van der Waals surface area (Å²) in [6.07, 6.45) is 7.32. The lowest BCUT2D eigenvalue weighted by atomic mass is 10.2. The largest absolute Gasteiger partial charge is 0.481 e. The lowest BCUT2D eigenvalue weighted by molar-refractivity contribution is 0.407. The second-order valence-electron chi connectivity index (χ2n) is 3.58. The smallest absolute Gasteiger partial charge is 0.215 e. The van der Waals surface area contributed by atoms with Crippen LogP contribution in [0.4, 0.5) is 5.82 Å². The Hall–Kier alpha value is -2.17. The number of aryl methyl sites for hydroxylation is 1. The zero-order valence-electron chi connectivity index (χ0n) is 9.01. The first kappa shape index (κ1) is 9.08. The molecule has 3 heterocycles. The van der Waals surface area contributed by atoms with Crippen molar-refractivity contribution in [2.24, 2.45) is 12.0 Å². The van der Waals surface area contributed by atoms with E-state index in [4.69, 9.17) is 4.74 Å². The molecule has 3 rings (SSSR count). The van der Waals surface area contributed by atoms with E-state index in [-0.39, 0.29) is 0 Å². The predicted molar refractivity (Wildman–Crippen MR) is 61.6 cm³/mol. The van der Waals surface area contributed by atoms with Gasteiger partial charge in [-0.1, -0.05) is 0 Å². The summed E-state index contributed by atoms with van der Waals surface area (Å²) in [6, 6.07) is 0. The Morgan fingerprint density at radius 1 is 1.25 bits per heavy atom. The molecule has 0 unspecified atom stereocenters. The Bertz CT molecular complexity index is 624. The van der Waals surface area contributed by atoms with Crippen LogP contribution in [0, 0.1) is 0 Å². The molecule has 0 saturated carbocycles. The fraction of sp³-hybridized carbons (Fsp3) is 0.182. The molecule has 5 nitrogen and oxygen atoms in total. The van der Waals surface area contributed by atoms with Crippen LogP contribution in [0.1, 0.15) is 5.56 Å². The van der Waals surface area contributed by atoms with Gasteiger partial charge in [0.1, 0.15) is 12.0 Å². The van der Waals surface area contributed by atoms with Gasteiger partial charge in [0.15, 0.2) is 5.82 Å². The van der Waals surface area contributed by atoms with Gasteiger partial charge >= 0.3 is 0 Å². The van der Waals surface area contributed by atoms with E-state index >= 15 is 0 Å². The highest BCUT2D eigenvalue weighted by molar-refractivity contribution is 6.04. The van der Waals surface area contributed by atoms with Gasteiger partial charge in [0, 0.05) is 24.9 Å². The highest BCUT2D eigenvalue weighted by Crippen LogP contribution is 2.29. The fourth-order valence-electron chi connectivity index (χ4n) is 1.85. The Balaban J connectivity index is 2.41. The van der Waals surface area contributed by atoms with Gasteiger partial charge in [0.05, 0.1) is 12.5 Å². The van der Waals surface area contributed by atoms with Gasteiger partial charge in [-0.2, -0.15) is 4.99 Å². The van der Waals surface area contributed by atoms with Crippen LogP contribution in [0.3, 0.4) is 0 Å². The molecule has 0 aromatic carbocycles. The van der Waals surface area contributed by atoms with Crippen molar-refractivity contribution < 1.29 is 4.74 Å². The lowest BCUT2D eigenvalue weighted by Crippen LogP contribution is -1.95. The van der Waals surface area contributed by atoms with Crippen molar-refractivity contribution in [3.05, 3.63) is 24.2 Å². The maximum Gasteiger partial charge on any atom is 0.215 e. The van der Waals surface area contributed by atoms with Crippen LogP contribution in [0.15, 0.2) is 23.6 Å². The standard InChI is InChI=1S/C11H10N4O/c1-15-5-7-3-4-8(16-2)14-10-9(7)11(15)13-6-12-10/h3-6H,1-2H3. The van der Waals surface area contributed by atoms with E-state index < -0.39 is 0 Å².